The maximum absolute atomic E-state index is 13.2. The number of likely N-dealkylation sites (tertiary alicyclic amines) is 1. The number of hydrogen-bond acceptors (Lipinski definition) is 3. The SMILES string of the molecule is CC1(C)CCCN(CCCOc2ccc(C3=CCN(C(=O)c4cccc5ccccc45)CC3)cc2)C1. The number of amides is 1. The third kappa shape index (κ3) is 5.82. The molecule has 3 aromatic rings. The zero-order valence-corrected chi connectivity index (χ0v) is 21.7. The lowest BCUT2D eigenvalue weighted by molar-refractivity contribution is 0.0775. The third-order valence-electron chi connectivity index (χ3n) is 7.61. The molecule has 0 atom stereocenters. The maximum Gasteiger partial charge on any atom is 0.254 e. The highest BCUT2D eigenvalue weighted by atomic mass is 16.5. The molecule has 0 saturated carbocycles. The molecule has 0 aromatic heterocycles. The molecule has 0 spiro atoms. The molecule has 0 bridgehead atoms. The predicted molar refractivity (Wildman–Crippen MR) is 148 cm³/mol. The fourth-order valence-corrected chi connectivity index (χ4v) is 5.68. The minimum atomic E-state index is 0.110. The Hall–Kier alpha value is -3.11. The van der Waals surface area contributed by atoms with E-state index in [-0.39, 0.29) is 5.91 Å². The molecule has 0 radical (unpaired) electrons. The Morgan fingerprint density at radius 1 is 0.972 bits per heavy atom. The van der Waals surface area contributed by atoms with Gasteiger partial charge in [-0.2, -0.15) is 0 Å². The molecule has 2 aliphatic heterocycles. The van der Waals surface area contributed by atoms with Crippen LogP contribution < -0.4 is 4.74 Å². The summed E-state index contributed by atoms with van der Waals surface area (Å²) < 4.78 is 6.02. The summed E-state index contributed by atoms with van der Waals surface area (Å²) in [4.78, 5) is 17.8. The zero-order valence-electron chi connectivity index (χ0n) is 21.7. The van der Waals surface area contributed by atoms with Crippen molar-refractivity contribution in [3.8, 4) is 5.75 Å². The van der Waals surface area contributed by atoms with Gasteiger partial charge in [0.2, 0.25) is 0 Å². The van der Waals surface area contributed by atoms with Crippen molar-refractivity contribution >= 4 is 22.3 Å². The average Bonchev–Trinajstić information content (AvgIpc) is 2.90. The molecule has 188 valence electrons. The molecule has 2 aliphatic rings. The van der Waals surface area contributed by atoms with Crippen molar-refractivity contribution in [2.24, 2.45) is 5.41 Å². The smallest absolute Gasteiger partial charge is 0.254 e. The fraction of sp³-hybridized carbons (Fsp3) is 0.406. The highest BCUT2D eigenvalue weighted by Gasteiger charge is 2.25. The van der Waals surface area contributed by atoms with Crippen LogP contribution in [-0.4, -0.2) is 55.0 Å². The molecule has 2 heterocycles. The summed E-state index contributed by atoms with van der Waals surface area (Å²) in [6, 6.07) is 22.5. The molecule has 0 aliphatic carbocycles. The van der Waals surface area contributed by atoms with Gasteiger partial charge < -0.3 is 14.5 Å². The fourth-order valence-electron chi connectivity index (χ4n) is 5.68. The van der Waals surface area contributed by atoms with Crippen LogP contribution in [0, 0.1) is 5.41 Å². The van der Waals surface area contributed by atoms with Gasteiger partial charge in [0, 0.05) is 31.7 Å². The Morgan fingerprint density at radius 2 is 1.78 bits per heavy atom. The monoisotopic (exact) mass is 482 g/mol. The van der Waals surface area contributed by atoms with Gasteiger partial charge in [0.05, 0.1) is 6.61 Å². The highest BCUT2D eigenvalue weighted by molar-refractivity contribution is 6.07. The number of nitrogens with zero attached hydrogens (tertiary/aromatic N) is 2. The molecule has 1 fully saturated rings. The lowest BCUT2D eigenvalue weighted by atomic mass is 9.84. The topological polar surface area (TPSA) is 32.8 Å². The molecule has 1 amide bonds. The number of hydrogen-bond donors (Lipinski definition) is 0. The third-order valence-corrected chi connectivity index (χ3v) is 7.61. The van der Waals surface area contributed by atoms with Crippen molar-refractivity contribution in [1.82, 2.24) is 9.80 Å². The van der Waals surface area contributed by atoms with Crippen molar-refractivity contribution < 1.29 is 9.53 Å². The molecule has 3 aromatic carbocycles. The Bertz CT molecular complexity index is 1220. The standard InChI is InChI=1S/C32H38N2O2/c1-32(2)18-6-19-33(24-32)20-7-23-36-28-14-12-25(13-15-28)26-16-21-34(22-17-26)31(35)30-11-5-9-27-8-3-4-10-29(27)30/h3-5,8-16H,6-7,17-24H2,1-2H3. The molecule has 4 nitrogen and oxygen atoms in total. The normalized spacial score (nSPS) is 18.2. The van der Waals surface area contributed by atoms with E-state index >= 15 is 0 Å². The highest BCUT2D eigenvalue weighted by Crippen LogP contribution is 2.29. The quantitative estimate of drug-likeness (QED) is 0.353. The van der Waals surface area contributed by atoms with E-state index < -0.39 is 0 Å². The van der Waals surface area contributed by atoms with Gasteiger partial charge >= 0.3 is 0 Å². The van der Waals surface area contributed by atoms with Gasteiger partial charge in [0.1, 0.15) is 5.75 Å². The number of rotatable bonds is 7. The lowest BCUT2D eigenvalue weighted by Crippen LogP contribution is -2.40. The van der Waals surface area contributed by atoms with E-state index in [1.165, 1.54) is 37.1 Å². The number of piperidine rings is 1. The Kier molecular flexibility index (Phi) is 7.43. The predicted octanol–water partition coefficient (Wildman–Crippen LogP) is 6.66. The van der Waals surface area contributed by atoms with Gasteiger partial charge in [0.15, 0.2) is 0 Å². The lowest BCUT2D eigenvalue weighted by Gasteiger charge is -2.38. The maximum atomic E-state index is 13.2. The van der Waals surface area contributed by atoms with Crippen LogP contribution in [0.3, 0.4) is 0 Å². The first-order chi connectivity index (χ1) is 17.5. The number of benzene rings is 3. The van der Waals surface area contributed by atoms with Crippen molar-refractivity contribution in [1.29, 1.82) is 0 Å². The number of fused-ring (bicyclic) bond motifs is 1. The first-order valence-corrected chi connectivity index (χ1v) is 13.4. The summed E-state index contributed by atoms with van der Waals surface area (Å²) in [5, 5.41) is 2.13. The van der Waals surface area contributed by atoms with Crippen molar-refractivity contribution in [2.75, 3.05) is 39.3 Å². The van der Waals surface area contributed by atoms with Crippen LogP contribution in [0.5, 0.6) is 5.75 Å². The second kappa shape index (κ2) is 10.9. The summed E-state index contributed by atoms with van der Waals surface area (Å²) in [5.74, 6) is 1.04. The molecule has 0 N–H and O–H groups in total. The number of carbonyl (C=O) groups is 1. The van der Waals surface area contributed by atoms with Crippen LogP contribution in [0.1, 0.15) is 55.5 Å². The van der Waals surface area contributed by atoms with Gasteiger partial charge in [-0.05, 0) is 77.8 Å². The molecular weight excluding hydrogens is 444 g/mol. The van der Waals surface area contributed by atoms with E-state index in [2.05, 4.69) is 61.2 Å². The van der Waals surface area contributed by atoms with Crippen LogP contribution in [-0.2, 0) is 0 Å². The zero-order chi connectivity index (χ0) is 25.0. The summed E-state index contributed by atoms with van der Waals surface area (Å²) in [5.41, 5.74) is 3.75. The van der Waals surface area contributed by atoms with E-state index in [0.29, 0.717) is 12.0 Å². The van der Waals surface area contributed by atoms with Crippen molar-refractivity contribution in [3.63, 3.8) is 0 Å². The van der Waals surface area contributed by atoms with Gasteiger partial charge in [-0.3, -0.25) is 4.79 Å². The number of ether oxygens (including phenoxy) is 1. The number of carbonyl (C=O) groups excluding carboxylic acids is 1. The molecule has 36 heavy (non-hydrogen) atoms. The summed E-state index contributed by atoms with van der Waals surface area (Å²) in [6.45, 7) is 10.4. The average molecular weight is 483 g/mol. The molecule has 0 unspecified atom stereocenters. The molecule has 1 saturated heterocycles. The van der Waals surface area contributed by atoms with Crippen LogP contribution >= 0.6 is 0 Å². The van der Waals surface area contributed by atoms with E-state index in [1.54, 1.807) is 0 Å². The largest absolute Gasteiger partial charge is 0.494 e. The van der Waals surface area contributed by atoms with Crippen LogP contribution in [0.25, 0.3) is 16.3 Å². The summed E-state index contributed by atoms with van der Waals surface area (Å²) in [7, 11) is 0. The molecular formula is C32H38N2O2. The minimum Gasteiger partial charge on any atom is -0.494 e. The molecule has 5 rings (SSSR count). The summed E-state index contributed by atoms with van der Waals surface area (Å²) >= 11 is 0. The van der Waals surface area contributed by atoms with E-state index in [1.807, 2.05) is 35.2 Å². The van der Waals surface area contributed by atoms with Crippen LogP contribution in [0.15, 0.2) is 72.8 Å². The second-order valence-corrected chi connectivity index (χ2v) is 11.0. The first-order valence-electron chi connectivity index (χ1n) is 13.4. The molecule has 4 heteroatoms. The Labute approximate surface area is 215 Å². The second-order valence-electron chi connectivity index (χ2n) is 11.0. The van der Waals surface area contributed by atoms with E-state index in [9.17, 15) is 4.79 Å². The van der Waals surface area contributed by atoms with Crippen molar-refractivity contribution in [2.45, 2.75) is 39.5 Å². The van der Waals surface area contributed by atoms with E-state index in [4.69, 9.17) is 4.74 Å². The van der Waals surface area contributed by atoms with Crippen LogP contribution in [0.2, 0.25) is 0 Å². The van der Waals surface area contributed by atoms with E-state index in [0.717, 1.165) is 54.6 Å². The Morgan fingerprint density at radius 3 is 2.56 bits per heavy atom. The van der Waals surface area contributed by atoms with Gasteiger partial charge in [-0.25, -0.2) is 0 Å². The van der Waals surface area contributed by atoms with Crippen LogP contribution in [0.4, 0.5) is 0 Å². The Balaban J connectivity index is 1.12. The summed E-state index contributed by atoms with van der Waals surface area (Å²) in [6.07, 6.45) is 6.76. The minimum absolute atomic E-state index is 0.110. The van der Waals surface area contributed by atoms with Gasteiger partial charge in [-0.15, -0.1) is 0 Å². The first kappa shape index (κ1) is 24.6. The van der Waals surface area contributed by atoms with Gasteiger partial charge in [0.25, 0.3) is 5.91 Å². The van der Waals surface area contributed by atoms with Gasteiger partial charge in [-0.1, -0.05) is 68.5 Å². The van der Waals surface area contributed by atoms with Crippen molar-refractivity contribution in [3.05, 3.63) is 83.9 Å².